The molecule has 0 unspecified atom stereocenters. The smallest absolute Gasteiger partial charge is 0.242 e. The lowest BCUT2D eigenvalue weighted by Gasteiger charge is -2.41. The lowest BCUT2D eigenvalue weighted by atomic mass is 9.98. The van der Waals surface area contributed by atoms with Crippen molar-refractivity contribution in [3.05, 3.63) is 0 Å². The van der Waals surface area contributed by atoms with Gasteiger partial charge >= 0.3 is 0 Å². The minimum absolute atomic E-state index is 0.219. The molecule has 0 aromatic carbocycles. The first-order valence-corrected chi connectivity index (χ1v) is 7.61. The van der Waals surface area contributed by atoms with E-state index >= 15 is 0 Å². The van der Waals surface area contributed by atoms with Gasteiger partial charge < -0.3 is 20.0 Å². The van der Waals surface area contributed by atoms with Crippen molar-refractivity contribution in [2.45, 2.75) is 38.3 Å². The highest BCUT2D eigenvalue weighted by atomic mass is 16.2. The molecule has 0 radical (unpaired) electrons. The summed E-state index contributed by atoms with van der Waals surface area (Å²) in [6.45, 7) is 7.82. The molecule has 1 heterocycles. The Morgan fingerprint density at radius 1 is 1.25 bits per heavy atom. The first-order valence-electron chi connectivity index (χ1n) is 7.61. The van der Waals surface area contributed by atoms with Crippen LogP contribution < -0.4 is 5.32 Å². The van der Waals surface area contributed by atoms with Crippen LogP contribution in [0.15, 0.2) is 0 Å². The van der Waals surface area contributed by atoms with Gasteiger partial charge in [0.1, 0.15) is 0 Å². The van der Waals surface area contributed by atoms with Gasteiger partial charge in [-0.1, -0.05) is 0 Å². The molecule has 5 heteroatoms. The second-order valence-electron chi connectivity index (χ2n) is 6.71. The third-order valence-corrected chi connectivity index (χ3v) is 4.34. The monoisotopic (exact) mass is 284 g/mol. The molecule has 1 N–H and O–H groups in total. The van der Waals surface area contributed by atoms with Gasteiger partial charge in [-0.15, -0.1) is 0 Å². The lowest BCUT2D eigenvalue weighted by molar-refractivity contribution is -0.140. The highest BCUT2D eigenvalue weighted by Crippen LogP contribution is 2.19. The van der Waals surface area contributed by atoms with Crippen molar-refractivity contribution in [1.82, 2.24) is 20.0 Å². The minimum atomic E-state index is -0.490. The van der Waals surface area contributed by atoms with E-state index in [0.29, 0.717) is 6.04 Å². The van der Waals surface area contributed by atoms with E-state index in [2.05, 4.69) is 41.2 Å². The number of nitrogens with one attached hydrogen (secondary N) is 1. The number of likely N-dealkylation sites (tertiary alicyclic amines) is 1. The fraction of sp³-hybridized carbons (Fsp3) is 0.933. The van der Waals surface area contributed by atoms with Crippen LogP contribution in [0.1, 0.15) is 26.7 Å². The zero-order chi connectivity index (χ0) is 15.3. The van der Waals surface area contributed by atoms with Gasteiger partial charge in [0, 0.05) is 19.1 Å². The van der Waals surface area contributed by atoms with Crippen molar-refractivity contribution in [3.63, 3.8) is 0 Å². The largest absolute Gasteiger partial charge is 0.337 e. The molecule has 1 saturated heterocycles. The SMILES string of the molecule is CNC(C)(C)C(=O)N(CCN(C)C)C1CCN(C)CC1. The summed E-state index contributed by atoms with van der Waals surface area (Å²) < 4.78 is 0. The number of amides is 1. The van der Waals surface area contributed by atoms with Crippen LogP contribution in [0.5, 0.6) is 0 Å². The number of hydrogen-bond acceptors (Lipinski definition) is 4. The summed E-state index contributed by atoms with van der Waals surface area (Å²) in [5.74, 6) is 0.219. The van der Waals surface area contributed by atoms with Gasteiger partial charge in [0.25, 0.3) is 0 Å². The van der Waals surface area contributed by atoms with E-state index in [1.54, 1.807) is 0 Å². The summed E-state index contributed by atoms with van der Waals surface area (Å²) in [4.78, 5) is 19.4. The molecule has 0 bridgehead atoms. The van der Waals surface area contributed by atoms with E-state index < -0.39 is 5.54 Å². The molecule has 1 fully saturated rings. The molecule has 5 nitrogen and oxygen atoms in total. The molecule has 0 aromatic rings. The predicted octanol–water partition coefficient (Wildman–Crippen LogP) is 0.469. The molecule has 0 aromatic heterocycles. The van der Waals surface area contributed by atoms with Crippen LogP contribution in [0, 0.1) is 0 Å². The Morgan fingerprint density at radius 3 is 2.25 bits per heavy atom. The van der Waals surface area contributed by atoms with Crippen LogP contribution in [0.25, 0.3) is 0 Å². The van der Waals surface area contributed by atoms with E-state index in [0.717, 1.165) is 39.0 Å². The summed E-state index contributed by atoms with van der Waals surface area (Å²) in [5, 5.41) is 3.14. The maximum atomic E-state index is 12.8. The van der Waals surface area contributed by atoms with Gasteiger partial charge in [-0.3, -0.25) is 4.79 Å². The minimum Gasteiger partial charge on any atom is -0.337 e. The quantitative estimate of drug-likeness (QED) is 0.769. The summed E-state index contributed by atoms with van der Waals surface area (Å²) in [7, 11) is 8.12. The Balaban J connectivity index is 2.76. The number of carbonyl (C=O) groups is 1. The van der Waals surface area contributed by atoms with E-state index in [1.165, 1.54) is 0 Å². The van der Waals surface area contributed by atoms with Crippen LogP contribution >= 0.6 is 0 Å². The second kappa shape index (κ2) is 7.38. The number of nitrogens with zero attached hydrogens (tertiary/aromatic N) is 3. The Morgan fingerprint density at radius 2 is 1.80 bits per heavy atom. The molecular formula is C15H32N4O. The molecule has 1 aliphatic heterocycles. The van der Waals surface area contributed by atoms with E-state index in [4.69, 9.17) is 0 Å². The Labute approximate surface area is 124 Å². The highest BCUT2D eigenvalue weighted by Gasteiger charge is 2.35. The molecule has 0 aliphatic carbocycles. The van der Waals surface area contributed by atoms with Crippen molar-refractivity contribution in [2.75, 3.05) is 54.4 Å². The van der Waals surface area contributed by atoms with Gasteiger partial charge in [-0.25, -0.2) is 0 Å². The number of piperidine rings is 1. The maximum absolute atomic E-state index is 12.8. The van der Waals surface area contributed by atoms with Gasteiger partial charge in [-0.2, -0.15) is 0 Å². The zero-order valence-electron chi connectivity index (χ0n) is 14.1. The van der Waals surface area contributed by atoms with Gasteiger partial charge in [-0.05, 0) is 68.0 Å². The normalized spacial score (nSPS) is 18.6. The first kappa shape index (κ1) is 17.4. The predicted molar refractivity (Wildman–Crippen MR) is 83.9 cm³/mol. The van der Waals surface area contributed by atoms with Crippen LogP contribution in [0.4, 0.5) is 0 Å². The number of likely N-dealkylation sites (N-methyl/N-ethyl adjacent to an activating group) is 2. The number of carbonyl (C=O) groups excluding carboxylic acids is 1. The summed E-state index contributed by atoms with van der Waals surface area (Å²) in [6, 6.07) is 0.381. The maximum Gasteiger partial charge on any atom is 0.242 e. The fourth-order valence-corrected chi connectivity index (χ4v) is 2.53. The van der Waals surface area contributed by atoms with E-state index in [1.807, 2.05) is 20.9 Å². The summed E-state index contributed by atoms with van der Waals surface area (Å²) in [5.41, 5.74) is -0.490. The second-order valence-corrected chi connectivity index (χ2v) is 6.71. The molecular weight excluding hydrogens is 252 g/mol. The average molecular weight is 284 g/mol. The third kappa shape index (κ3) is 4.72. The van der Waals surface area contributed by atoms with E-state index in [9.17, 15) is 4.79 Å². The molecule has 1 aliphatic rings. The van der Waals surface area contributed by atoms with Crippen LogP contribution in [0.2, 0.25) is 0 Å². The highest BCUT2D eigenvalue weighted by molar-refractivity contribution is 5.85. The number of hydrogen-bond donors (Lipinski definition) is 1. The van der Waals surface area contributed by atoms with E-state index in [-0.39, 0.29) is 5.91 Å². The summed E-state index contributed by atoms with van der Waals surface area (Å²) in [6.07, 6.45) is 2.16. The van der Waals surface area contributed by atoms with Crippen LogP contribution in [-0.4, -0.2) is 86.6 Å². The lowest BCUT2D eigenvalue weighted by Crippen LogP contribution is -2.58. The van der Waals surface area contributed by atoms with Gasteiger partial charge in [0.05, 0.1) is 5.54 Å². The molecule has 0 atom stereocenters. The molecule has 0 saturated carbocycles. The van der Waals surface area contributed by atoms with Crippen LogP contribution in [0.3, 0.4) is 0 Å². The zero-order valence-corrected chi connectivity index (χ0v) is 14.1. The van der Waals surface area contributed by atoms with Gasteiger partial charge in [0.2, 0.25) is 5.91 Å². The standard InChI is InChI=1S/C15H32N4O/c1-15(2,16-3)14(20)19(12-11-17(4)5)13-7-9-18(6)10-8-13/h13,16H,7-12H2,1-6H3. The number of rotatable bonds is 6. The Hall–Kier alpha value is -0.650. The van der Waals surface area contributed by atoms with Gasteiger partial charge in [0.15, 0.2) is 0 Å². The first-order chi connectivity index (χ1) is 9.27. The molecule has 1 amide bonds. The summed E-state index contributed by atoms with van der Waals surface area (Å²) >= 11 is 0. The van der Waals surface area contributed by atoms with Crippen molar-refractivity contribution in [3.8, 4) is 0 Å². The van der Waals surface area contributed by atoms with Crippen LogP contribution in [-0.2, 0) is 4.79 Å². The fourth-order valence-electron chi connectivity index (χ4n) is 2.53. The third-order valence-electron chi connectivity index (χ3n) is 4.34. The molecule has 0 spiro atoms. The van der Waals surface area contributed by atoms with Crippen molar-refractivity contribution >= 4 is 5.91 Å². The Bertz CT molecular complexity index is 309. The molecule has 1 rings (SSSR count). The van der Waals surface area contributed by atoms with Crippen molar-refractivity contribution < 1.29 is 4.79 Å². The topological polar surface area (TPSA) is 38.8 Å². The van der Waals surface area contributed by atoms with Crippen molar-refractivity contribution in [1.29, 1.82) is 0 Å². The molecule has 118 valence electrons. The average Bonchev–Trinajstić information content (AvgIpc) is 2.40. The van der Waals surface area contributed by atoms with Crippen molar-refractivity contribution in [2.24, 2.45) is 0 Å². The Kier molecular flexibility index (Phi) is 6.43. The molecule has 20 heavy (non-hydrogen) atoms.